The molecule has 18 heavy (non-hydrogen) atoms. The molecule has 0 bridgehead atoms. The van der Waals surface area contributed by atoms with Crippen molar-refractivity contribution >= 4 is 28.6 Å². The fourth-order valence-electron chi connectivity index (χ4n) is 1.92. The van der Waals surface area contributed by atoms with Crippen molar-refractivity contribution in [1.82, 2.24) is 4.98 Å². The quantitative estimate of drug-likeness (QED) is 0.848. The van der Waals surface area contributed by atoms with Crippen LogP contribution in [-0.2, 0) is 0 Å². The first-order chi connectivity index (χ1) is 8.65. The van der Waals surface area contributed by atoms with E-state index < -0.39 is 0 Å². The Kier molecular flexibility index (Phi) is 4.00. The van der Waals surface area contributed by atoms with E-state index in [1.165, 1.54) is 0 Å². The minimum atomic E-state index is 0.0542. The number of para-hydroxylation sites is 1. The van der Waals surface area contributed by atoms with Crippen LogP contribution in [0.2, 0.25) is 5.15 Å². The van der Waals surface area contributed by atoms with E-state index in [4.69, 9.17) is 11.6 Å². The molecule has 1 N–H and O–H groups in total. The molecular formula is C15H16ClNO. The van der Waals surface area contributed by atoms with Gasteiger partial charge in [0.05, 0.1) is 12.1 Å². The maximum atomic E-state index is 9.20. The van der Waals surface area contributed by atoms with Crippen LogP contribution < -0.4 is 0 Å². The van der Waals surface area contributed by atoms with Gasteiger partial charge in [-0.3, -0.25) is 0 Å². The van der Waals surface area contributed by atoms with E-state index in [9.17, 15) is 5.11 Å². The van der Waals surface area contributed by atoms with Gasteiger partial charge in [0.2, 0.25) is 0 Å². The number of hydrogen-bond acceptors (Lipinski definition) is 2. The van der Waals surface area contributed by atoms with Crippen LogP contribution >= 0.6 is 11.6 Å². The van der Waals surface area contributed by atoms with E-state index in [0.29, 0.717) is 5.15 Å². The van der Waals surface area contributed by atoms with E-state index in [0.717, 1.165) is 34.0 Å². The number of benzene rings is 1. The van der Waals surface area contributed by atoms with Crippen LogP contribution in [0.25, 0.3) is 17.0 Å². The standard InChI is InChI=1S/C15H16ClNO/c1-3-11(9-18)7-13-8-12-6-4-5-10(2)14(12)17-15(13)16/h4-8,18H,3,9H2,1-2H3. The molecule has 2 rings (SSSR count). The van der Waals surface area contributed by atoms with Crippen LogP contribution in [0.1, 0.15) is 24.5 Å². The van der Waals surface area contributed by atoms with Crippen LogP contribution in [0.4, 0.5) is 0 Å². The topological polar surface area (TPSA) is 33.1 Å². The minimum Gasteiger partial charge on any atom is -0.392 e. The van der Waals surface area contributed by atoms with Crippen molar-refractivity contribution in [2.24, 2.45) is 0 Å². The third kappa shape index (κ3) is 2.55. The van der Waals surface area contributed by atoms with Gasteiger partial charge in [-0.25, -0.2) is 4.98 Å². The fraction of sp³-hybridized carbons (Fsp3) is 0.267. The van der Waals surface area contributed by atoms with Crippen molar-refractivity contribution in [2.45, 2.75) is 20.3 Å². The molecule has 2 nitrogen and oxygen atoms in total. The normalized spacial score (nSPS) is 12.1. The molecule has 0 amide bonds. The largest absolute Gasteiger partial charge is 0.392 e. The lowest BCUT2D eigenvalue weighted by Gasteiger charge is -2.06. The minimum absolute atomic E-state index is 0.0542. The van der Waals surface area contributed by atoms with E-state index in [1.807, 2.05) is 44.2 Å². The van der Waals surface area contributed by atoms with Gasteiger partial charge in [-0.1, -0.05) is 42.8 Å². The monoisotopic (exact) mass is 261 g/mol. The van der Waals surface area contributed by atoms with Crippen molar-refractivity contribution < 1.29 is 5.11 Å². The first-order valence-corrected chi connectivity index (χ1v) is 6.39. The number of hydrogen-bond donors (Lipinski definition) is 1. The van der Waals surface area contributed by atoms with Gasteiger partial charge in [-0.2, -0.15) is 0 Å². The van der Waals surface area contributed by atoms with E-state index in [-0.39, 0.29) is 6.61 Å². The van der Waals surface area contributed by atoms with Gasteiger partial charge in [0.25, 0.3) is 0 Å². The van der Waals surface area contributed by atoms with Gasteiger partial charge in [0.15, 0.2) is 0 Å². The molecule has 2 aromatic rings. The number of aryl methyl sites for hydroxylation is 1. The lowest BCUT2D eigenvalue weighted by Crippen LogP contribution is -1.91. The number of halogens is 1. The molecule has 0 fully saturated rings. The zero-order chi connectivity index (χ0) is 13.1. The van der Waals surface area contributed by atoms with Gasteiger partial charge in [0.1, 0.15) is 5.15 Å². The van der Waals surface area contributed by atoms with Gasteiger partial charge in [0, 0.05) is 10.9 Å². The van der Waals surface area contributed by atoms with Gasteiger partial charge in [-0.05, 0) is 30.5 Å². The summed E-state index contributed by atoms with van der Waals surface area (Å²) in [6.45, 7) is 4.08. The average Bonchev–Trinajstić information content (AvgIpc) is 2.37. The Hall–Kier alpha value is -1.38. The molecule has 1 aromatic carbocycles. The fourth-order valence-corrected chi connectivity index (χ4v) is 2.11. The Bertz CT molecular complexity index is 599. The summed E-state index contributed by atoms with van der Waals surface area (Å²) >= 11 is 6.20. The molecule has 0 atom stereocenters. The second-order valence-electron chi connectivity index (χ2n) is 4.33. The molecule has 0 aliphatic carbocycles. The van der Waals surface area contributed by atoms with Crippen molar-refractivity contribution in [1.29, 1.82) is 0 Å². The summed E-state index contributed by atoms with van der Waals surface area (Å²) in [5.41, 5.74) is 3.86. The molecule has 0 aliphatic heterocycles. The highest BCUT2D eigenvalue weighted by molar-refractivity contribution is 6.31. The van der Waals surface area contributed by atoms with E-state index >= 15 is 0 Å². The summed E-state index contributed by atoms with van der Waals surface area (Å²) < 4.78 is 0. The van der Waals surface area contributed by atoms with Crippen LogP contribution in [0.15, 0.2) is 29.8 Å². The zero-order valence-electron chi connectivity index (χ0n) is 10.6. The van der Waals surface area contributed by atoms with Crippen molar-refractivity contribution in [3.05, 3.63) is 46.1 Å². The number of aromatic nitrogens is 1. The smallest absolute Gasteiger partial charge is 0.137 e. The summed E-state index contributed by atoms with van der Waals surface area (Å²) in [6.07, 6.45) is 2.72. The molecule has 0 aliphatic rings. The Morgan fingerprint density at radius 1 is 1.44 bits per heavy atom. The van der Waals surface area contributed by atoms with Gasteiger partial charge >= 0.3 is 0 Å². The molecule has 94 valence electrons. The third-order valence-electron chi connectivity index (χ3n) is 3.04. The highest BCUT2D eigenvalue weighted by Crippen LogP contribution is 2.24. The lowest BCUT2D eigenvalue weighted by atomic mass is 10.1. The predicted molar refractivity (Wildman–Crippen MR) is 76.8 cm³/mol. The van der Waals surface area contributed by atoms with Crippen molar-refractivity contribution in [3.8, 4) is 0 Å². The summed E-state index contributed by atoms with van der Waals surface area (Å²) in [4.78, 5) is 4.44. The van der Waals surface area contributed by atoms with Gasteiger partial charge in [-0.15, -0.1) is 0 Å². The number of nitrogens with zero attached hydrogens (tertiary/aromatic N) is 1. The van der Waals surface area contributed by atoms with E-state index in [2.05, 4.69) is 4.98 Å². The molecule has 0 spiro atoms. The highest BCUT2D eigenvalue weighted by atomic mass is 35.5. The maximum absolute atomic E-state index is 9.20. The number of rotatable bonds is 3. The van der Waals surface area contributed by atoms with Crippen LogP contribution in [0.3, 0.4) is 0 Å². The number of fused-ring (bicyclic) bond motifs is 1. The molecule has 0 saturated carbocycles. The predicted octanol–water partition coefficient (Wildman–Crippen LogP) is 3.98. The van der Waals surface area contributed by atoms with E-state index in [1.54, 1.807) is 0 Å². The van der Waals surface area contributed by atoms with Gasteiger partial charge < -0.3 is 5.11 Å². The number of aliphatic hydroxyl groups excluding tert-OH is 1. The molecule has 0 unspecified atom stereocenters. The third-order valence-corrected chi connectivity index (χ3v) is 3.35. The zero-order valence-corrected chi connectivity index (χ0v) is 11.3. The Morgan fingerprint density at radius 3 is 2.89 bits per heavy atom. The molecule has 0 saturated heterocycles. The Labute approximate surface area is 112 Å². The average molecular weight is 262 g/mol. The Balaban J connectivity index is 2.60. The lowest BCUT2D eigenvalue weighted by molar-refractivity contribution is 0.329. The molecule has 3 heteroatoms. The maximum Gasteiger partial charge on any atom is 0.137 e. The SMILES string of the molecule is CCC(=Cc1cc2cccc(C)c2nc1Cl)CO. The van der Waals surface area contributed by atoms with Crippen LogP contribution in [-0.4, -0.2) is 16.7 Å². The molecular weight excluding hydrogens is 246 g/mol. The van der Waals surface area contributed by atoms with Crippen molar-refractivity contribution in [3.63, 3.8) is 0 Å². The highest BCUT2D eigenvalue weighted by Gasteiger charge is 2.05. The summed E-state index contributed by atoms with van der Waals surface area (Å²) in [6, 6.07) is 8.07. The Morgan fingerprint density at radius 2 is 2.22 bits per heavy atom. The number of pyridine rings is 1. The second-order valence-corrected chi connectivity index (χ2v) is 4.69. The first kappa shape index (κ1) is 13.1. The number of aliphatic hydroxyl groups is 1. The summed E-state index contributed by atoms with van der Waals surface area (Å²) in [5.74, 6) is 0. The second kappa shape index (κ2) is 5.51. The summed E-state index contributed by atoms with van der Waals surface area (Å²) in [7, 11) is 0. The van der Waals surface area contributed by atoms with Crippen molar-refractivity contribution in [2.75, 3.05) is 6.61 Å². The molecule has 1 heterocycles. The van der Waals surface area contributed by atoms with Crippen LogP contribution in [0, 0.1) is 6.92 Å². The molecule has 1 aromatic heterocycles. The first-order valence-electron chi connectivity index (χ1n) is 6.02. The summed E-state index contributed by atoms with van der Waals surface area (Å²) in [5, 5.41) is 10.8. The van der Waals surface area contributed by atoms with Crippen LogP contribution in [0.5, 0.6) is 0 Å². The molecule has 0 radical (unpaired) electrons.